The number of nitrogens with one attached hydrogen (secondary N) is 1. The van der Waals surface area contributed by atoms with Gasteiger partial charge in [0.25, 0.3) is 0 Å². The summed E-state index contributed by atoms with van der Waals surface area (Å²) in [7, 11) is 5.96. The third-order valence-corrected chi connectivity index (χ3v) is 4.59. The third kappa shape index (κ3) is 6.63. The van der Waals surface area contributed by atoms with Gasteiger partial charge in [0.2, 0.25) is 11.7 Å². The number of hydrogen-bond acceptors (Lipinski definition) is 6. The van der Waals surface area contributed by atoms with Crippen molar-refractivity contribution in [1.29, 1.82) is 0 Å². The van der Waals surface area contributed by atoms with Gasteiger partial charge in [0.1, 0.15) is 0 Å². The molecule has 31 heavy (non-hydrogen) atoms. The van der Waals surface area contributed by atoms with Crippen LogP contribution in [0.25, 0.3) is 0 Å². The minimum absolute atomic E-state index is 0.0399. The van der Waals surface area contributed by atoms with E-state index in [0.717, 1.165) is 11.1 Å². The van der Waals surface area contributed by atoms with Gasteiger partial charge < -0.3 is 29.0 Å². The van der Waals surface area contributed by atoms with E-state index in [0.29, 0.717) is 36.6 Å². The van der Waals surface area contributed by atoms with Crippen molar-refractivity contribution >= 4 is 5.91 Å². The second-order valence-corrected chi connectivity index (χ2v) is 6.46. The van der Waals surface area contributed by atoms with Crippen LogP contribution in [0.5, 0.6) is 28.7 Å². The number of hydrogen-bond donors (Lipinski definition) is 1. The highest BCUT2D eigenvalue weighted by molar-refractivity contribution is 5.76. The number of alkyl halides is 2. The maximum absolute atomic E-state index is 12.5. The van der Waals surface area contributed by atoms with Crippen LogP contribution in [0, 0.1) is 0 Å². The van der Waals surface area contributed by atoms with Crippen molar-refractivity contribution in [3.63, 3.8) is 0 Å². The van der Waals surface area contributed by atoms with E-state index in [9.17, 15) is 13.6 Å². The van der Waals surface area contributed by atoms with Gasteiger partial charge in [-0.25, -0.2) is 0 Å². The predicted molar refractivity (Wildman–Crippen MR) is 111 cm³/mol. The zero-order chi connectivity index (χ0) is 22.8. The Hall–Kier alpha value is -3.23. The number of ether oxygens (including phenoxy) is 5. The summed E-state index contributed by atoms with van der Waals surface area (Å²) in [6.45, 7) is -2.60. The highest BCUT2D eigenvalue weighted by Gasteiger charge is 2.16. The number of amides is 1. The van der Waals surface area contributed by atoms with E-state index in [1.54, 1.807) is 18.2 Å². The van der Waals surface area contributed by atoms with Gasteiger partial charge in [0.05, 0.1) is 28.4 Å². The molecule has 170 valence electrons. The van der Waals surface area contributed by atoms with Crippen molar-refractivity contribution in [3.8, 4) is 28.7 Å². The number of methoxy groups -OCH3 is 4. The lowest BCUT2D eigenvalue weighted by atomic mass is 10.1. The zero-order valence-electron chi connectivity index (χ0n) is 18.0. The number of rotatable bonds is 12. The summed E-state index contributed by atoms with van der Waals surface area (Å²) in [5.41, 5.74) is 1.55. The van der Waals surface area contributed by atoms with Gasteiger partial charge in [-0.1, -0.05) is 12.1 Å². The third-order valence-electron chi connectivity index (χ3n) is 4.59. The lowest BCUT2D eigenvalue weighted by Gasteiger charge is -2.15. The molecule has 2 aromatic rings. The minimum atomic E-state index is -2.95. The maximum atomic E-state index is 12.5. The summed E-state index contributed by atoms with van der Waals surface area (Å²) in [6, 6.07) is 8.36. The molecule has 0 atom stereocenters. The lowest BCUT2D eigenvalue weighted by molar-refractivity contribution is -0.121. The molecule has 0 saturated heterocycles. The monoisotopic (exact) mass is 439 g/mol. The number of aryl methyl sites for hydroxylation is 1. The van der Waals surface area contributed by atoms with Crippen LogP contribution >= 0.6 is 0 Å². The van der Waals surface area contributed by atoms with Crippen LogP contribution in [0.15, 0.2) is 30.3 Å². The van der Waals surface area contributed by atoms with E-state index < -0.39 is 6.61 Å². The molecule has 7 nitrogen and oxygen atoms in total. The average molecular weight is 439 g/mol. The van der Waals surface area contributed by atoms with Gasteiger partial charge in [-0.15, -0.1) is 0 Å². The molecule has 0 spiro atoms. The fraction of sp³-hybridized carbons (Fsp3) is 0.409. The zero-order valence-corrected chi connectivity index (χ0v) is 18.0. The lowest BCUT2D eigenvalue weighted by Crippen LogP contribution is -2.26. The molecule has 0 aliphatic heterocycles. The quantitative estimate of drug-likeness (QED) is 0.545. The Balaban J connectivity index is 1.91. The fourth-order valence-corrected chi connectivity index (χ4v) is 3.11. The smallest absolute Gasteiger partial charge is 0.387 e. The van der Waals surface area contributed by atoms with Gasteiger partial charge in [-0.05, 0) is 42.2 Å². The first-order chi connectivity index (χ1) is 14.9. The van der Waals surface area contributed by atoms with E-state index in [2.05, 4.69) is 10.1 Å². The molecule has 0 aromatic heterocycles. The Bertz CT molecular complexity index is 875. The summed E-state index contributed by atoms with van der Waals surface area (Å²) in [4.78, 5) is 12.2. The molecule has 0 bridgehead atoms. The van der Waals surface area contributed by atoms with Crippen LogP contribution in [0.2, 0.25) is 0 Å². The summed E-state index contributed by atoms with van der Waals surface area (Å²) < 4.78 is 50.6. The molecule has 0 fully saturated rings. The standard InChI is InChI=1S/C22H27F2NO6/c1-27-16-8-5-14(13-18(16)31-22(23)24)11-12-25-19(26)10-7-15-6-9-17(28-2)21(30-4)20(15)29-3/h5-6,8-9,13,22H,7,10-12H2,1-4H3,(H,25,26). The Morgan fingerprint density at radius 1 is 0.871 bits per heavy atom. The maximum Gasteiger partial charge on any atom is 0.387 e. The summed E-state index contributed by atoms with van der Waals surface area (Å²) in [5, 5.41) is 2.82. The van der Waals surface area contributed by atoms with Crippen molar-refractivity contribution < 1.29 is 37.3 Å². The first kappa shape index (κ1) is 24.0. The molecule has 0 saturated carbocycles. The number of carbonyl (C=O) groups is 1. The van der Waals surface area contributed by atoms with Crippen LogP contribution < -0.4 is 29.0 Å². The van der Waals surface area contributed by atoms with Gasteiger partial charge in [0, 0.05) is 13.0 Å². The highest BCUT2D eigenvalue weighted by atomic mass is 19.3. The predicted octanol–water partition coefficient (Wildman–Crippen LogP) is 3.61. The second kappa shape index (κ2) is 11.8. The van der Waals surface area contributed by atoms with Gasteiger partial charge in [-0.3, -0.25) is 4.79 Å². The summed E-state index contributed by atoms with van der Waals surface area (Å²) in [6.07, 6.45) is 1.15. The van der Waals surface area contributed by atoms with Crippen molar-refractivity contribution in [2.24, 2.45) is 0 Å². The van der Waals surface area contributed by atoms with E-state index >= 15 is 0 Å². The first-order valence-electron chi connectivity index (χ1n) is 9.59. The molecular formula is C22H27F2NO6. The van der Waals surface area contributed by atoms with Crippen molar-refractivity contribution in [1.82, 2.24) is 5.32 Å². The number of benzene rings is 2. The molecule has 1 amide bonds. The van der Waals surface area contributed by atoms with Gasteiger partial charge in [-0.2, -0.15) is 8.78 Å². The molecule has 2 aromatic carbocycles. The molecule has 0 heterocycles. The summed E-state index contributed by atoms with van der Waals surface area (Å²) in [5.74, 6) is 1.58. The Kier molecular flexibility index (Phi) is 9.17. The first-order valence-corrected chi connectivity index (χ1v) is 9.59. The molecule has 0 unspecified atom stereocenters. The van der Waals surface area contributed by atoms with Crippen LogP contribution in [0.3, 0.4) is 0 Å². The molecule has 0 radical (unpaired) electrons. The fourth-order valence-electron chi connectivity index (χ4n) is 3.11. The van der Waals surface area contributed by atoms with Gasteiger partial charge >= 0.3 is 6.61 Å². The second-order valence-electron chi connectivity index (χ2n) is 6.46. The SMILES string of the molecule is COc1ccc(CCNC(=O)CCc2ccc(OC)c(OC)c2OC)cc1OC(F)F. The van der Waals surface area contributed by atoms with E-state index in [4.69, 9.17) is 18.9 Å². The van der Waals surface area contributed by atoms with Crippen molar-refractivity contribution in [2.75, 3.05) is 35.0 Å². The van der Waals surface area contributed by atoms with E-state index in [1.165, 1.54) is 34.5 Å². The largest absolute Gasteiger partial charge is 0.493 e. The van der Waals surface area contributed by atoms with Gasteiger partial charge in [0.15, 0.2) is 23.0 Å². The van der Waals surface area contributed by atoms with E-state index in [1.807, 2.05) is 6.07 Å². The summed E-state index contributed by atoms with van der Waals surface area (Å²) >= 11 is 0. The molecule has 0 aliphatic rings. The number of halogens is 2. The minimum Gasteiger partial charge on any atom is -0.493 e. The normalized spacial score (nSPS) is 10.5. The highest BCUT2D eigenvalue weighted by Crippen LogP contribution is 2.40. The Morgan fingerprint density at radius 3 is 2.16 bits per heavy atom. The Morgan fingerprint density at radius 2 is 1.55 bits per heavy atom. The molecule has 9 heteroatoms. The van der Waals surface area contributed by atoms with Crippen LogP contribution in [0.4, 0.5) is 8.78 Å². The van der Waals surface area contributed by atoms with Crippen LogP contribution in [-0.4, -0.2) is 47.5 Å². The van der Waals surface area contributed by atoms with E-state index in [-0.39, 0.29) is 23.8 Å². The molecule has 0 aliphatic carbocycles. The van der Waals surface area contributed by atoms with Crippen molar-refractivity contribution in [2.45, 2.75) is 25.9 Å². The number of carbonyl (C=O) groups excluding carboxylic acids is 1. The van der Waals surface area contributed by atoms with Crippen LogP contribution in [-0.2, 0) is 17.6 Å². The average Bonchev–Trinajstić information content (AvgIpc) is 2.76. The molecule has 1 N–H and O–H groups in total. The van der Waals surface area contributed by atoms with Crippen LogP contribution in [0.1, 0.15) is 17.5 Å². The topological polar surface area (TPSA) is 75.3 Å². The molecule has 2 rings (SSSR count). The Labute approximate surface area is 180 Å². The molecular weight excluding hydrogens is 412 g/mol. The van der Waals surface area contributed by atoms with Crippen molar-refractivity contribution in [3.05, 3.63) is 41.5 Å².